The van der Waals surface area contributed by atoms with Crippen molar-refractivity contribution in [2.75, 3.05) is 20.2 Å². The summed E-state index contributed by atoms with van der Waals surface area (Å²) in [6.45, 7) is 1.28. The van der Waals surface area contributed by atoms with Crippen LogP contribution in [0.5, 0.6) is 0 Å². The molecule has 0 aromatic heterocycles. The van der Waals surface area contributed by atoms with Gasteiger partial charge in [0.2, 0.25) is 5.91 Å². The number of hydrogen-bond donors (Lipinski definition) is 5. The summed E-state index contributed by atoms with van der Waals surface area (Å²) in [6.07, 6.45) is 0.593. The van der Waals surface area contributed by atoms with Crippen LogP contribution in [-0.4, -0.2) is 81.0 Å². The molecule has 0 aromatic carbocycles. The third-order valence-electron chi connectivity index (χ3n) is 3.96. The average molecular weight is 335 g/mol. The highest BCUT2D eigenvalue weighted by molar-refractivity contribution is 5.75. The summed E-state index contributed by atoms with van der Waals surface area (Å²) >= 11 is 0. The number of carbonyl (C=O) groups excluding carboxylic acids is 1. The highest BCUT2D eigenvalue weighted by Crippen LogP contribution is 2.10. The van der Waals surface area contributed by atoms with Crippen LogP contribution in [0.4, 0.5) is 0 Å². The summed E-state index contributed by atoms with van der Waals surface area (Å²) < 4.78 is 0. The summed E-state index contributed by atoms with van der Waals surface area (Å²) in [7, 11) is 1.52. The van der Waals surface area contributed by atoms with Crippen LogP contribution < -0.4 is 0 Å². The minimum atomic E-state index is -1.67. The van der Waals surface area contributed by atoms with E-state index in [9.17, 15) is 25.2 Å². The van der Waals surface area contributed by atoms with E-state index >= 15 is 0 Å². The molecule has 0 rings (SSSR count). The molecule has 0 spiro atoms. The Balaban J connectivity index is 4.05. The van der Waals surface area contributed by atoms with Crippen LogP contribution in [0.2, 0.25) is 0 Å². The summed E-state index contributed by atoms with van der Waals surface area (Å²) in [6, 6.07) is 0. The molecule has 0 aliphatic carbocycles. The molecule has 1 amide bonds. The first kappa shape index (κ1) is 22.3. The zero-order valence-corrected chi connectivity index (χ0v) is 14.3. The molecule has 138 valence electrons. The van der Waals surface area contributed by atoms with E-state index in [1.54, 1.807) is 0 Å². The van der Waals surface area contributed by atoms with E-state index < -0.39 is 31.0 Å². The number of amides is 1. The predicted molar refractivity (Wildman–Crippen MR) is 86.7 cm³/mol. The molecule has 0 aromatic rings. The second-order valence-corrected chi connectivity index (χ2v) is 6.09. The van der Waals surface area contributed by atoms with E-state index in [0.717, 1.165) is 19.3 Å². The molecular formula is C16H33NO6. The van der Waals surface area contributed by atoms with Gasteiger partial charge in [-0.2, -0.15) is 0 Å². The van der Waals surface area contributed by atoms with Gasteiger partial charge in [-0.3, -0.25) is 4.79 Å². The number of aliphatic hydroxyl groups is 5. The van der Waals surface area contributed by atoms with Gasteiger partial charge in [0, 0.05) is 20.0 Å². The molecule has 0 bridgehead atoms. The second-order valence-electron chi connectivity index (χ2n) is 6.09. The Bertz CT molecular complexity index is 315. The van der Waals surface area contributed by atoms with Gasteiger partial charge in [-0.1, -0.05) is 39.0 Å². The normalized spacial score (nSPS) is 16.7. The minimum Gasteiger partial charge on any atom is -0.394 e. The standard InChI is InChI=1S/C16H33NO6/c1-3-4-5-6-7-8-9-14(21)17(2)10-12(19)15(22)16(23)13(20)11-18/h12-13,15-16,18-20,22-23H,3-11H2,1-2H3/t12-,13-,15-,16+/m1/s1. The van der Waals surface area contributed by atoms with E-state index in [2.05, 4.69) is 6.92 Å². The van der Waals surface area contributed by atoms with Gasteiger partial charge in [0.25, 0.3) is 0 Å². The Morgan fingerprint density at radius 2 is 1.43 bits per heavy atom. The Morgan fingerprint density at radius 1 is 0.913 bits per heavy atom. The SMILES string of the molecule is CCCCCCCCC(=O)N(C)C[C@@H](O)[C@@H](O)[C@@H](O)[C@H](O)CO. The van der Waals surface area contributed by atoms with E-state index in [-0.39, 0.29) is 12.5 Å². The molecule has 0 unspecified atom stereocenters. The van der Waals surface area contributed by atoms with Crippen molar-refractivity contribution >= 4 is 5.91 Å². The third-order valence-corrected chi connectivity index (χ3v) is 3.96. The largest absolute Gasteiger partial charge is 0.394 e. The summed E-state index contributed by atoms with van der Waals surface area (Å²) in [4.78, 5) is 13.2. The van der Waals surface area contributed by atoms with Crippen molar-refractivity contribution in [2.45, 2.75) is 76.3 Å². The van der Waals surface area contributed by atoms with Gasteiger partial charge in [0.05, 0.1) is 6.61 Å². The van der Waals surface area contributed by atoms with E-state index in [1.807, 2.05) is 0 Å². The van der Waals surface area contributed by atoms with Gasteiger partial charge in [-0.05, 0) is 6.42 Å². The molecule has 7 nitrogen and oxygen atoms in total. The first-order chi connectivity index (χ1) is 10.8. The first-order valence-corrected chi connectivity index (χ1v) is 8.42. The molecular weight excluding hydrogens is 302 g/mol. The quantitative estimate of drug-likeness (QED) is 0.293. The monoisotopic (exact) mass is 335 g/mol. The number of carbonyl (C=O) groups is 1. The Hall–Kier alpha value is -0.730. The van der Waals surface area contributed by atoms with Crippen molar-refractivity contribution in [3.05, 3.63) is 0 Å². The lowest BCUT2D eigenvalue weighted by atomic mass is 10.0. The van der Waals surface area contributed by atoms with E-state index in [0.29, 0.717) is 6.42 Å². The lowest BCUT2D eigenvalue weighted by Gasteiger charge is -2.28. The van der Waals surface area contributed by atoms with Crippen LogP contribution in [0.1, 0.15) is 51.9 Å². The number of nitrogens with zero attached hydrogens (tertiary/aromatic N) is 1. The lowest BCUT2D eigenvalue weighted by Crippen LogP contribution is -2.49. The molecule has 5 N–H and O–H groups in total. The molecule has 0 aliphatic rings. The van der Waals surface area contributed by atoms with Crippen molar-refractivity contribution in [3.8, 4) is 0 Å². The Morgan fingerprint density at radius 3 is 2.00 bits per heavy atom. The van der Waals surface area contributed by atoms with Crippen LogP contribution in [0.15, 0.2) is 0 Å². The average Bonchev–Trinajstić information content (AvgIpc) is 2.55. The molecule has 23 heavy (non-hydrogen) atoms. The number of unbranched alkanes of at least 4 members (excludes halogenated alkanes) is 5. The molecule has 4 atom stereocenters. The summed E-state index contributed by atoms with van der Waals surface area (Å²) in [5, 5.41) is 47.0. The maximum absolute atomic E-state index is 11.9. The van der Waals surface area contributed by atoms with Crippen molar-refractivity contribution < 1.29 is 30.3 Å². The zero-order valence-electron chi connectivity index (χ0n) is 14.3. The van der Waals surface area contributed by atoms with Gasteiger partial charge in [0.15, 0.2) is 0 Å². The van der Waals surface area contributed by atoms with Crippen LogP contribution in [-0.2, 0) is 4.79 Å². The molecule has 0 saturated heterocycles. The second kappa shape index (κ2) is 12.7. The van der Waals surface area contributed by atoms with E-state index in [1.165, 1.54) is 31.2 Å². The maximum atomic E-state index is 11.9. The molecule has 7 heteroatoms. The summed E-state index contributed by atoms with van der Waals surface area (Å²) in [5.41, 5.74) is 0. The fourth-order valence-corrected chi connectivity index (χ4v) is 2.30. The topological polar surface area (TPSA) is 121 Å². The van der Waals surface area contributed by atoms with Crippen molar-refractivity contribution in [1.29, 1.82) is 0 Å². The number of rotatable bonds is 13. The molecule has 0 heterocycles. The first-order valence-electron chi connectivity index (χ1n) is 8.42. The predicted octanol–water partition coefficient (Wildman–Crippen LogP) is -0.369. The fraction of sp³-hybridized carbons (Fsp3) is 0.938. The molecule has 0 saturated carbocycles. The van der Waals surface area contributed by atoms with Crippen LogP contribution in [0, 0.1) is 0 Å². The molecule has 0 fully saturated rings. The Labute approximate surface area is 138 Å². The fourth-order valence-electron chi connectivity index (χ4n) is 2.30. The van der Waals surface area contributed by atoms with Gasteiger partial charge < -0.3 is 30.4 Å². The van der Waals surface area contributed by atoms with Crippen LogP contribution in [0.3, 0.4) is 0 Å². The molecule has 0 aliphatic heterocycles. The van der Waals surface area contributed by atoms with Gasteiger partial charge in [0.1, 0.15) is 24.4 Å². The highest BCUT2D eigenvalue weighted by atomic mass is 16.4. The number of aliphatic hydroxyl groups excluding tert-OH is 5. The van der Waals surface area contributed by atoms with Crippen molar-refractivity contribution in [3.63, 3.8) is 0 Å². The van der Waals surface area contributed by atoms with Crippen molar-refractivity contribution in [1.82, 2.24) is 4.90 Å². The zero-order chi connectivity index (χ0) is 17.8. The number of hydrogen-bond acceptors (Lipinski definition) is 6. The van der Waals surface area contributed by atoms with Gasteiger partial charge in [-0.15, -0.1) is 0 Å². The van der Waals surface area contributed by atoms with Crippen molar-refractivity contribution in [2.24, 2.45) is 0 Å². The third kappa shape index (κ3) is 9.22. The van der Waals surface area contributed by atoms with Gasteiger partial charge in [-0.25, -0.2) is 0 Å². The van der Waals surface area contributed by atoms with Gasteiger partial charge >= 0.3 is 0 Å². The minimum absolute atomic E-state index is 0.135. The smallest absolute Gasteiger partial charge is 0.222 e. The van der Waals surface area contributed by atoms with Crippen LogP contribution in [0.25, 0.3) is 0 Å². The molecule has 0 radical (unpaired) electrons. The highest BCUT2D eigenvalue weighted by Gasteiger charge is 2.31. The van der Waals surface area contributed by atoms with E-state index in [4.69, 9.17) is 5.11 Å². The number of likely N-dealkylation sites (N-methyl/N-ethyl adjacent to an activating group) is 1. The Kier molecular flexibility index (Phi) is 12.3. The maximum Gasteiger partial charge on any atom is 0.222 e. The lowest BCUT2D eigenvalue weighted by molar-refractivity contribution is -0.138. The van der Waals surface area contributed by atoms with Crippen LogP contribution >= 0.6 is 0 Å². The summed E-state index contributed by atoms with van der Waals surface area (Å²) in [5.74, 6) is -0.135.